The molecule has 0 aromatic heterocycles. The van der Waals surface area contributed by atoms with Gasteiger partial charge in [-0.1, -0.05) is 17.7 Å². The van der Waals surface area contributed by atoms with Gasteiger partial charge in [0.2, 0.25) is 5.91 Å². The molecule has 0 radical (unpaired) electrons. The fourth-order valence-corrected chi connectivity index (χ4v) is 2.22. The van der Waals surface area contributed by atoms with Crippen molar-refractivity contribution in [1.29, 1.82) is 0 Å². The first-order valence-corrected chi connectivity index (χ1v) is 6.86. The number of hydrogen-bond acceptors (Lipinski definition) is 4. The number of carbonyl (C=O) groups is 3. The largest absolute Gasteiger partial charge is 0.459 e. The third-order valence-electron chi connectivity index (χ3n) is 3.27. The average molecular weight is 290 g/mol. The summed E-state index contributed by atoms with van der Waals surface area (Å²) in [5, 5.41) is 2.53. The van der Waals surface area contributed by atoms with Crippen LogP contribution in [0.15, 0.2) is 24.3 Å². The van der Waals surface area contributed by atoms with E-state index in [2.05, 4.69) is 10.1 Å². The van der Waals surface area contributed by atoms with Gasteiger partial charge in [0.05, 0.1) is 12.6 Å². The number of esters is 1. The number of anilines is 1. The molecular formula is C15H18N2O4. The molecule has 1 aliphatic heterocycles. The molecule has 2 amide bonds. The zero-order chi connectivity index (χ0) is 15.4. The molecule has 0 bridgehead atoms. The Morgan fingerprint density at radius 1 is 1.33 bits per heavy atom. The van der Waals surface area contributed by atoms with E-state index >= 15 is 0 Å². The quantitative estimate of drug-likeness (QED) is 0.659. The summed E-state index contributed by atoms with van der Waals surface area (Å²) < 4.78 is 4.62. The van der Waals surface area contributed by atoms with Crippen LogP contribution in [0.2, 0.25) is 0 Å². The van der Waals surface area contributed by atoms with Crippen molar-refractivity contribution >= 4 is 23.5 Å². The van der Waals surface area contributed by atoms with Gasteiger partial charge in [-0.3, -0.25) is 9.59 Å². The van der Waals surface area contributed by atoms with Gasteiger partial charge in [0, 0.05) is 18.7 Å². The van der Waals surface area contributed by atoms with Gasteiger partial charge >= 0.3 is 11.9 Å². The van der Waals surface area contributed by atoms with E-state index < -0.39 is 11.9 Å². The van der Waals surface area contributed by atoms with E-state index in [0.717, 1.165) is 11.3 Å². The molecule has 6 nitrogen and oxygen atoms in total. The molecule has 1 aliphatic rings. The van der Waals surface area contributed by atoms with Gasteiger partial charge in [-0.25, -0.2) is 4.79 Å². The van der Waals surface area contributed by atoms with Crippen molar-refractivity contribution in [3.8, 4) is 0 Å². The van der Waals surface area contributed by atoms with Crippen LogP contribution in [0.4, 0.5) is 5.69 Å². The molecular weight excluding hydrogens is 272 g/mol. The van der Waals surface area contributed by atoms with Gasteiger partial charge in [0.25, 0.3) is 0 Å². The Morgan fingerprint density at radius 3 is 2.62 bits per heavy atom. The minimum atomic E-state index is -0.918. The number of amides is 2. The normalized spacial score (nSPS) is 17.7. The van der Waals surface area contributed by atoms with Crippen molar-refractivity contribution in [1.82, 2.24) is 5.32 Å². The van der Waals surface area contributed by atoms with E-state index in [1.807, 2.05) is 31.2 Å². The molecule has 6 heteroatoms. The third kappa shape index (κ3) is 3.59. The second-order valence-electron chi connectivity index (χ2n) is 4.93. The highest BCUT2D eigenvalue weighted by atomic mass is 16.5. The van der Waals surface area contributed by atoms with Crippen LogP contribution in [0.3, 0.4) is 0 Å². The molecule has 1 fully saturated rings. The minimum Gasteiger partial charge on any atom is -0.459 e. The molecule has 112 valence electrons. The molecule has 0 unspecified atom stereocenters. The van der Waals surface area contributed by atoms with Crippen LogP contribution >= 0.6 is 0 Å². The average Bonchev–Trinajstić information content (AvgIpc) is 2.80. The second kappa shape index (κ2) is 6.39. The van der Waals surface area contributed by atoms with Crippen molar-refractivity contribution in [2.45, 2.75) is 26.3 Å². The van der Waals surface area contributed by atoms with E-state index in [9.17, 15) is 14.4 Å². The molecule has 1 aromatic rings. The van der Waals surface area contributed by atoms with Crippen molar-refractivity contribution in [3.05, 3.63) is 29.8 Å². The summed E-state index contributed by atoms with van der Waals surface area (Å²) in [6, 6.07) is 7.20. The van der Waals surface area contributed by atoms with Crippen LogP contribution in [0, 0.1) is 6.92 Å². The van der Waals surface area contributed by atoms with Crippen molar-refractivity contribution < 1.29 is 19.1 Å². The van der Waals surface area contributed by atoms with E-state index in [1.165, 1.54) is 0 Å². The lowest BCUT2D eigenvalue weighted by molar-refractivity contribution is -0.154. The number of nitrogens with zero attached hydrogens (tertiary/aromatic N) is 1. The highest BCUT2D eigenvalue weighted by Crippen LogP contribution is 2.21. The summed E-state index contributed by atoms with van der Waals surface area (Å²) in [4.78, 5) is 36.4. The molecule has 0 aliphatic carbocycles. The molecule has 1 saturated heterocycles. The van der Waals surface area contributed by atoms with Gasteiger partial charge in [-0.15, -0.1) is 0 Å². The number of rotatable bonds is 3. The smallest absolute Gasteiger partial charge is 0.396 e. The van der Waals surface area contributed by atoms with Gasteiger partial charge in [-0.05, 0) is 26.0 Å². The maximum absolute atomic E-state index is 12.0. The summed E-state index contributed by atoms with van der Waals surface area (Å²) in [7, 11) is 0. The minimum absolute atomic E-state index is 0.0759. The van der Waals surface area contributed by atoms with E-state index in [1.54, 1.807) is 11.8 Å². The highest BCUT2D eigenvalue weighted by Gasteiger charge is 2.32. The number of ether oxygens (including phenoxy) is 1. The Hall–Kier alpha value is -2.37. The first-order chi connectivity index (χ1) is 10.0. The maximum atomic E-state index is 12.0. The van der Waals surface area contributed by atoms with Crippen LogP contribution < -0.4 is 10.2 Å². The number of nitrogens with one attached hydrogen (secondary N) is 1. The van der Waals surface area contributed by atoms with Gasteiger partial charge in [0.1, 0.15) is 0 Å². The molecule has 2 rings (SSSR count). The van der Waals surface area contributed by atoms with Crippen LogP contribution in [0.5, 0.6) is 0 Å². The first kappa shape index (κ1) is 15.0. The lowest BCUT2D eigenvalue weighted by Gasteiger charge is -2.17. The summed E-state index contributed by atoms with van der Waals surface area (Å²) >= 11 is 0. The Labute approximate surface area is 123 Å². The standard InChI is InChI=1S/C15H18N2O4/c1-3-21-15(20)14(19)16-11-8-13(18)17(9-11)12-6-4-10(2)5-7-12/h4-7,11H,3,8-9H2,1-2H3,(H,16,19)/t11-/m1/s1. The van der Waals surface area contributed by atoms with Crippen molar-refractivity contribution in [2.24, 2.45) is 0 Å². The van der Waals surface area contributed by atoms with Gasteiger partial charge in [0.15, 0.2) is 0 Å². The summed E-state index contributed by atoms with van der Waals surface area (Å²) in [5.41, 5.74) is 1.90. The molecule has 1 heterocycles. The molecule has 0 spiro atoms. The lowest BCUT2D eigenvalue weighted by atomic mass is 10.2. The first-order valence-electron chi connectivity index (χ1n) is 6.86. The fraction of sp³-hybridized carbons (Fsp3) is 0.400. The van der Waals surface area contributed by atoms with Crippen LogP contribution in [0.25, 0.3) is 0 Å². The molecule has 1 aromatic carbocycles. The Kier molecular flexibility index (Phi) is 4.57. The molecule has 0 saturated carbocycles. The molecule has 21 heavy (non-hydrogen) atoms. The molecule has 1 N–H and O–H groups in total. The van der Waals surface area contributed by atoms with Crippen LogP contribution in [0.1, 0.15) is 18.9 Å². The summed E-state index contributed by atoms with van der Waals surface area (Å²) in [6.07, 6.45) is 0.180. The Bertz CT molecular complexity index is 553. The van der Waals surface area contributed by atoms with Gasteiger partial charge in [-0.2, -0.15) is 0 Å². The molecule has 1 atom stereocenters. The number of aryl methyl sites for hydroxylation is 1. The van der Waals surface area contributed by atoms with Crippen molar-refractivity contribution in [3.63, 3.8) is 0 Å². The third-order valence-corrected chi connectivity index (χ3v) is 3.27. The summed E-state index contributed by atoms with van der Waals surface area (Å²) in [6.45, 7) is 4.10. The van der Waals surface area contributed by atoms with Crippen LogP contribution in [-0.2, 0) is 19.1 Å². The van der Waals surface area contributed by atoms with Crippen LogP contribution in [-0.4, -0.2) is 37.0 Å². The number of carbonyl (C=O) groups excluding carboxylic acids is 3. The predicted octanol–water partition coefficient (Wildman–Crippen LogP) is 0.780. The van der Waals surface area contributed by atoms with E-state index in [0.29, 0.717) is 6.54 Å². The SMILES string of the molecule is CCOC(=O)C(=O)N[C@@H]1CC(=O)N(c2ccc(C)cc2)C1. The van der Waals surface area contributed by atoms with E-state index in [-0.39, 0.29) is 25.0 Å². The number of hydrogen-bond donors (Lipinski definition) is 1. The zero-order valence-corrected chi connectivity index (χ0v) is 12.1. The second-order valence-corrected chi connectivity index (χ2v) is 4.93. The monoisotopic (exact) mass is 290 g/mol. The van der Waals surface area contributed by atoms with Crippen molar-refractivity contribution in [2.75, 3.05) is 18.1 Å². The highest BCUT2D eigenvalue weighted by molar-refractivity contribution is 6.32. The van der Waals surface area contributed by atoms with Gasteiger partial charge < -0.3 is 15.0 Å². The topological polar surface area (TPSA) is 75.7 Å². The zero-order valence-electron chi connectivity index (χ0n) is 12.1. The fourth-order valence-electron chi connectivity index (χ4n) is 2.22. The van der Waals surface area contributed by atoms with E-state index in [4.69, 9.17) is 0 Å². The Morgan fingerprint density at radius 2 is 2.00 bits per heavy atom. The summed E-state index contributed by atoms with van der Waals surface area (Å²) in [5.74, 6) is -1.80. The maximum Gasteiger partial charge on any atom is 0.396 e. The Balaban J connectivity index is 1.98. The number of benzene rings is 1. The lowest BCUT2D eigenvalue weighted by Crippen LogP contribution is -2.41. The predicted molar refractivity (Wildman–Crippen MR) is 76.7 cm³/mol.